The van der Waals surface area contributed by atoms with Gasteiger partial charge in [-0.2, -0.15) is 0 Å². The highest BCUT2D eigenvalue weighted by Crippen LogP contribution is 2.27. The van der Waals surface area contributed by atoms with Crippen molar-refractivity contribution in [3.05, 3.63) is 53.1 Å². The summed E-state index contributed by atoms with van der Waals surface area (Å²) < 4.78 is 0. The SMILES string of the molecule is CNc1nc(-c2ccc(C)c(C)c2)nc2cccc(C)c12. The number of rotatable bonds is 2. The lowest BCUT2D eigenvalue weighted by atomic mass is 10.1. The smallest absolute Gasteiger partial charge is 0.162 e. The van der Waals surface area contributed by atoms with E-state index in [1.807, 2.05) is 19.2 Å². The van der Waals surface area contributed by atoms with Crippen LogP contribution in [-0.2, 0) is 0 Å². The predicted molar refractivity (Wildman–Crippen MR) is 88.7 cm³/mol. The molecule has 1 aromatic heterocycles. The normalized spacial score (nSPS) is 10.9. The highest BCUT2D eigenvalue weighted by molar-refractivity contribution is 5.93. The Balaban J connectivity index is 2.26. The van der Waals surface area contributed by atoms with Crippen LogP contribution in [0.1, 0.15) is 16.7 Å². The molecule has 0 amide bonds. The summed E-state index contributed by atoms with van der Waals surface area (Å²) in [5.41, 5.74) is 5.75. The first-order valence-electron chi connectivity index (χ1n) is 7.13. The lowest BCUT2D eigenvalue weighted by molar-refractivity contribution is 1.20. The molecule has 0 radical (unpaired) electrons. The minimum absolute atomic E-state index is 0.764. The van der Waals surface area contributed by atoms with E-state index in [2.05, 4.69) is 50.4 Å². The van der Waals surface area contributed by atoms with Crippen molar-refractivity contribution in [2.45, 2.75) is 20.8 Å². The van der Waals surface area contributed by atoms with E-state index < -0.39 is 0 Å². The largest absolute Gasteiger partial charge is 0.373 e. The average molecular weight is 277 g/mol. The lowest BCUT2D eigenvalue weighted by Gasteiger charge is -2.11. The van der Waals surface area contributed by atoms with Crippen LogP contribution in [0.25, 0.3) is 22.3 Å². The van der Waals surface area contributed by atoms with Gasteiger partial charge in [-0.3, -0.25) is 0 Å². The van der Waals surface area contributed by atoms with E-state index in [0.717, 1.165) is 28.1 Å². The van der Waals surface area contributed by atoms with Gasteiger partial charge in [0.05, 0.1) is 5.52 Å². The molecule has 3 rings (SSSR count). The second-order valence-electron chi connectivity index (χ2n) is 5.41. The molecule has 3 heteroatoms. The van der Waals surface area contributed by atoms with E-state index in [0.29, 0.717) is 0 Å². The third-order valence-electron chi connectivity index (χ3n) is 3.93. The molecule has 21 heavy (non-hydrogen) atoms. The molecule has 0 bridgehead atoms. The van der Waals surface area contributed by atoms with Crippen LogP contribution in [0.5, 0.6) is 0 Å². The van der Waals surface area contributed by atoms with E-state index >= 15 is 0 Å². The number of hydrogen-bond donors (Lipinski definition) is 1. The summed E-state index contributed by atoms with van der Waals surface area (Å²) in [7, 11) is 1.90. The van der Waals surface area contributed by atoms with Gasteiger partial charge in [-0.15, -0.1) is 0 Å². The van der Waals surface area contributed by atoms with Gasteiger partial charge in [0.15, 0.2) is 5.82 Å². The molecule has 0 aliphatic heterocycles. The molecule has 2 aromatic carbocycles. The van der Waals surface area contributed by atoms with Gasteiger partial charge in [-0.25, -0.2) is 9.97 Å². The number of nitrogens with zero attached hydrogens (tertiary/aromatic N) is 2. The van der Waals surface area contributed by atoms with E-state index in [9.17, 15) is 0 Å². The Morgan fingerprint density at radius 3 is 2.38 bits per heavy atom. The first-order chi connectivity index (χ1) is 10.1. The van der Waals surface area contributed by atoms with Gasteiger partial charge < -0.3 is 5.32 Å². The Bertz CT molecular complexity index is 822. The first-order valence-corrected chi connectivity index (χ1v) is 7.13. The van der Waals surface area contributed by atoms with Gasteiger partial charge in [0.1, 0.15) is 5.82 Å². The van der Waals surface area contributed by atoms with Crippen LogP contribution in [0.2, 0.25) is 0 Å². The van der Waals surface area contributed by atoms with Gasteiger partial charge in [-0.1, -0.05) is 24.3 Å². The highest BCUT2D eigenvalue weighted by atomic mass is 15.0. The summed E-state index contributed by atoms with van der Waals surface area (Å²) in [5, 5.41) is 4.29. The summed E-state index contributed by atoms with van der Waals surface area (Å²) in [4.78, 5) is 9.43. The Morgan fingerprint density at radius 2 is 1.67 bits per heavy atom. The van der Waals surface area contributed by atoms with Crippen molar-refractivity contribution in [1.29, 1.82) is 0 Å². The highest BCUT2D eigenvalue weighted by Gasteiger charge is 2.10. The van der Waals surface area contributed by atoms with Crippen molar-refractivity contribution in [1.82, 2.24) is 9.97 Å². The molecule has 0 atom stereocenters. The van der Waals surface area contributed by atoms with Gasteiger partial charge in [-0.05, 0) is 49.6 Å². The zero-order chi connectivity index (χ0) is 15.0. The molecule has 0 saturated carbocycles. The van der Waals surface area contributed by atoms with E-state index in [1.54, 1.807) is 0 Å². The number of benzene rings is 2. The summed E-state index contributed by atoms with van der Waals surface area (Å²) in [5.74, 6) is 1.65. The summed E-state index contributed by atoms with van der Waals surface area (Å²) in [6, 6.07) is 12.5. The third kappa shape index (κ3) is 2.35. The van der Waals surface area contributed by atoms with Crippen LogP contribution in [0, 0.1) is 20.8 Å². The van der Waals surface area contributed by atoms with Crippen LogP contribution >= 0.6 is 0 Å². The average Bonchev–Trinajstić information content (AvgIpc) is 2.49. The van der Waals surface area contributed by atoms with Crippen LogP contribution in [-0.4, -0.2) is 17.0 Å². The maximum Gasteiger partial charge on any atom is 0.162 e. The Hall–Kier alpha value is -2.42. The van der Waals surface area contributed by atoms with Crippen molar-refractivity contribution in [2.24, 2.45) is 0 Å². The number of aromatic nitrogens is 2. The molecule has 0 saturated heterocycles. The molecule has 106 valence electrons. The quantitative estimate of drug-likeness (QED) is 0.760. The zero-order valence-electron chi connectivity index (χ0n) is 12.9. The van der Waals surface area contributed by atoms with Crippen LogP contribution < -0.4 is 5.32 Å². The molecule has 1 N–H and O–H groups in total. The summed E-state index contributed by atoms with van der Waals surface area (Å²) in [6.07, 6.45) is 0. The number of anilines is 1. The fourth-order valence-corrected chi connectivity index (χ4v) is 2.54. The van der Waals surface area contributed by atoms with Crippen molar-refractivity contribution < 1.29 is 0 Å². The van der Waals surface area contributed by atoms with E-state index in [4.69, 9.17) is 9.97 Å². The monoisotopic (exact) mass is 277 g/mol. The number of nitrogens with one attached hydrogen (secondary N) is 1. The summed E-state index contributed by atoms with van der Waals surface area (Å²) in [6.45, 7) is 6.31. The molecule has 3 nitrogen and oxygen atoms in total. The molecule has 3 aromatic rings. The Kier molecular flexibility index (Phi) is 3.34. The molecule has 0 spiro atoms. The van der Waals surface area contributed by atoms with Gasteiger partial charge in [0.2, 0.25) is 0 Å². The fourth-order valence-electron chi connectivity index (χ4n) is 2.54. The molecule has 0 fully saturated rings. The predicted octanol–water partition coefficient (Wildman–Crippen LogP) is 4.26. The second kappa shape index (κ2) is 5.17. The number of fused-ring (bicyclic) bond motifs is 1. The molecule has 1 heterocycles. The van der Waals surface area contributed by atoms with Crippen LogP contribution in [0.15, 0.2) is 36.4 Å². The van der Waals surface area contributed by atoms with Gasteiger partial charge in [0.25, 0.3) is 0 Å². The van der Waals surface area contributed by atoms with Crippen molar-refractivity contribution in [3.63, 3.8) is 0 Å². The third-order valence-corrected chi connectivity index (χ3v) is 3.93. The van der Waals surface area contributed by atoms with Crippen molar-refractivity contribution in [3.8, 4) is 11.4 Å². The van der Waals surface area contributed by atoms with E-state index in [1.165, 1.54) is 16.7 Å². The van der Waals surface area contributed by atoms with Crippen molar-refractivity contribution in [2.75, 3.05) is 12.4 Å². The lowest BCUT2D eigenvalue weighted by Crippen LogP contribution is -2.00. The van der Waals surface area contributed by atoms with Crippen LogP contribution in [0.3, 0.4) is 0 Å². The zero-order valence-corrected chi connectivity index (χ0v) is 12.9. The van der Waals surface area contributed by atoms with Crippen molar-refractivity contribution >= 4 is 16.7 Å². The van der Waals surface area contributed by atoms with E-state index in [-0.39, 0.29) is 0 Å². The molecule has 0 aliphatic rings. The maximum atomic E-state index is 4.73. The molecule has 0 unspecified atom stereocenters. The van der Waals surface area contributed by atoms with Gasteiger partial charge >= 0.3 is 0 Å². The number of hydrogen-bond acceptors (Lipinski definition) is 3. The second-order valence-corrected chi connectivity index (χ2v) is 5.41. The Labute approximate surface area is 125 Å². The standard InChI is InChI=1S/C18H19N3/c1-11-8-9-14(10-13(11)3)17-20-15-7-5-6-12(2)16(15)18(19-4)21-17/h5-10H,1-4H3,(H,19,20,21). The van der Waals surface area contributed by atoms with Crippen LogP contribution in [0.4, 0.5) is 5.82 Å². The summed E-state index contributed by atoms with van der Waals surface area (Å²) >= 11 is 0. The Morgan fingerprint density at radius 1 is 0.857 bits per heavy atom. The molecular formula is C18H19N3. The fraction of sp³-hybridized carbons (Fsp3) is 0.222. The minimum atomic E-state index is 0.764. The first kappa shape index (κ1) is 13.6. The number of aryl methyl sites for hydroxylation is 3. The molecular weight excluding hydrogens is 258 g/mol. The minimum Gasteiger partial charge on any atom is -0.373 e. The van der Waals surface area contributed by atoms with Gasteiger partial charge in [0, 0.05) is 18.0 Å². The topological polar surface area (TPSA) is 37.8 Å². The maximum absolute atomic E-state index is 4.73. The molecule has 0 aliphatic carbocycles.